The topological polar surface area (TPSA) is 0 Å². The van der Waals surface area contributed by atoms with E-state index in [0.29, 0.717) is 6.04 Å². The molecule has 2 unspecified atom stereocenters. The average molecular weight is 292 g/mol. The highest BCUT2D eigenvalue weighted by Crippen LogP contribution is 2.31. The van der Waals surface area contributed by atoms with Crippen molar-refractivity contribution in [3.8, 4) is 0 Å². The minimum Gasteiger partial charge on any atom is -0.291 e. The smallest absolute Gasteiger partial charge is 0.109 e. The van der Waals surface area contributed by atoms with Crippen molar-refractivity contribution in [2.24, 2.45) is 0 Å². The zero-order valence-corrected chi connectivity index (χ0v) is 13.3. The van der Waals surface area contributed by atoms with Crippen LogP contribution in [0.2, 0.25) is 0 Å². The van der Waals surface area contributed by atoms with Crippen LogP contribution >= 0.6 is 0 Å². The Kier molecular flexibility index (Phi) is 4.74. The minimum absolute atomic E-state index is 0.647. The molecule has 1 fully saturated rings. The van der Waals surface area contributed by atoms with Crippen molar-refractivity contribution < 1.29 is 4.48 Å². The predicted octanol–water partition coefficient (Wildman–Crippen LogP) is 4.94. The van der Waals surface area contributed by atoms with Crippen molar-refractivity contribution in [3.05, 3.63) is 84.6 Å². The monoisotopic (exact) mass is 292 g/mol. The van der Waals surface area contributed by atoms with E-state index in [9.17, 15) is 0 Å². The minimum atomic E-state index is 0.647. The molecule has 2 aromatic rings. The summed E-state index contributed by atoms with van der Waals surface area (Å²) in [5.74, 6) is 0. The maximum Gasteiger partial charge on any atom is 0.109 e. The Hall–Kier alpha value is -1.86. The zero-order chi connectivity index (χ0) is 15.3. The number of likely N-dealkylation sites (tertiary alicyclic amines) is 1. The molecule has 22 heavy (non-hydrogen) atoms. The van der Waals surface area contributed by atoms with Crippen LogP contribution in [0.4, 0.5) is 0 Å². The van der Waals surface area contributed by atoms with Gasteiger partial charge in [-0.25, -0.2) is 0 Å². The summed E-state index contributed by atoms with van der Waals surface area (Å²) in [7, 11) is 0. The number of hydrogen-bond acceptors (Lipinski definition) is 0. The standard InChI is InChI=1S/C21H26N/c1-2-22(18-20-13-7-4-8-14-20)16-10-9-15-21(22)17-19-11-5-3-6-12-19/h2-8,11-14,21H,1,9-10,15-18H2/q+1. The first-order chi connectivity index (χ1) is 10.8. The molecule has 0 amide bonds. The van der Waals surface area contributed by atoms with Crippen LogP contribution in [-0.2, 0) is 13.0 Å². The van der Waals surface area contributed by atoms with E-state index in [2.05, 4.69) is 73.4 Å². The molecule has 0 N–H and O–H groups in total. The van der Waals surface area contributed by atoms with Crippen molar-refractivity contribution in [2.45, 2.75) is 38.3 Å². The molecular weight excluding hydrogens is 266 g/mol. The Bertz CT molecular complexity index is 590. The summed E-state index contributed by atoms with van der Waals surface area (Å²) in [4.78, 5) is 0. The third-order valence-electron chi connectivity index (χ3n) is 5.09. The van der Waals surface area contributed by atoms with E-state index in [1.54, 1.807) is 0 Å². The fourth-order valence-corrected chi connectivity index (χ4v) is 3.83. The Morgan fingerprint density at radius 2 is 1.55 bits per heavy atom. The molecule has 114 valence electrons. The number of hydrogen-bond donors (Lipinski definition) is 0. The first kappa shape index (κ1) is 15.1. The summed E-state index contributed by atoms with van der Waals surface area (Å²) >= 11 is 0. The highest BCUT2D eigenvalue weighted by molar-refractivity contribution is 5.16. The molecule has 0 aromatic heterocycles. The molecule has 2 atom stereocenters. The van der Waals surface area contributed by atoms with Crippen molar-refractivity contribution in [1.82, 2.24) is 0 Å². The highest BCUT2D eigenvalue weighted by atomic mass is 15.4. The SMILES string of the molecule is C=C[N+]1(Cc2ccccc2)CCCCC1Cc1ccccc1. The molecule has 1 aliphatic heterocycles. The summed E-state index contributed by atoms with van der Waals surface area (Å²) < 4.78 is 1.03. The lowest BCUT2D eigenvalue weighted by molar-refractivity contribution is -0.922. The molecule has 1 heterocycles. The normalized spacial score (nSPS) is 24.8. The Balaban J connectivity index is 1.83. The lowest BCUT2D eigenvalue weighted by atomic mass is 9.92. The van der Waals surface area contributed by atoms with Gasteiger partial charge in [0, 0.05) is 18.4 Å². The molecule has 1 saturated heterocycles. The maximum absolute atomic E-state index is 4.22. The van der Waals surface area contributed by atoms with Crippen LogP contribution in [-0.4, -0.2) is 17.1 Å². The van der Waals surface area contributed by atoms with E-state index in [1.807, 2.05) is 0 Å². The number of nitrogens with zero attached hydrogens (tertiary/aromatic N) is 1. The fraction of sp³-hybridized carbons (Fsp3) is 0.333. The predicted molar refractivity (Wildman–Crippen MR) is 93.3 cm³/mol. The van der Waals surface area contributed by atoms with Gasteiger partial charge in [-0.3, -0.25) is 4.48 Å². The van der Waals surface area contributed by atoms with Crippen LogP contribution < -0.4 is 0 Å². The van der Waals surface area contributed by atoms with Crippen LogP contribution in [0.25, 0.3) is 0 Å². The van der Waals surface area contributed by atoms with E-state index in [-0.39, 0.29) is 0 Å². The molecule has 1 nitrogen and oxygen atoms in total. The van der Waals surface area contributed by atoms with Gasteiger partial charge in [0.1, 0.15) is 6.54 Å². The summed E-state index contributed by atoms with van der Waals surface area (Å²) in [5, 5.41) is 0. The van der Waals surface area contributed by atoms with Gasteiger partial charge < -0.3 is 0 Å². The molecule has 0 saturated carbocycles. The molecular formula is C21H26N+. The van der Waals surface area contributed by atoms with Gasteiger partial charge in [0.15, 0.2) is 0 Å². The van der Waals surface area contributed by atoms with Gasteiger partial charge in [-0.2, -0.15) is 0 Å². The van der Waals surface area contributed by atoms with Crippen LogP contribution in [0.5, 0.6) is 0 Å². The van der Waals surface area contributed by atoms with Gasteiger partial charge in [0.25, 0.3) is 0 Å². The fourth-order valence-electron chi connectivity index (χ4n) is 3.83. The van der Waals surface area contributed by atoms with Gasteiger partial charge in [-0.15, -0.1) is 0 Å². The molecule has 0 spiro atoms. The van der Waals surface area contributed by atoms with Gasteiger partial charge in [0.05, 0.1) is 18.8 Å². The van der Waals surface area contributed by atoms with Crippen molar-refractivity contribution in [2.75, 3.05) is 6.54 Å². The lowest BCUT2D eigenvalue weighted by Gasteiger charge is -2.45. The Morgan fingerprint density at radius 3 is 2.18 bits per heavy atom. The molecule has 0 bridgehead atoms. The molecule has 1 aliphatic rings. The number of piperidine rings is 1. The van der Waals surface area contributed by atoms with Gasteiger partial charge in [-0.1, -0.05) is 60.7 Å². The van der Waals surface area contributed by atoms with E-state index < -0.39 is 0 Å². The van der Waals surface area contributed by atoms with Crippen molar-refractivity contribution >= 4 is 0 Å². The molecule has 2 aromatic carbocycles. The Labute approximate surface area is 134 Å². The second kappa shape index (κ2) is 6.93. The van der Waals surface area contributed by atoms with Gasteiger partial charge in [-0.05, 0) is 25.0 Å². The summed E-state index contributed by atoms with van der Waals surface area (Å²) in [6, 6.07) is 22.4. The van der Waals surface area contributed by atoms with Crippen LogP contribution in [0.15, 0.2) is 73.4 Å². The van der Waals surface area contributed by atoms with Crippen molar-refractivity contribution in [1.29, 1.82) is 0 Å². The molecule has 0 aliphatic carbocycles. The van der Waals surface area contributed by atoms with E-state index >= 15 is 0 Å². The van der Waals surface area contributed by atoms with Gasteiger partial charge in [0.2, 0.25) is 0 Å². The summed E-state index contributed by atoms with van der Waals surface area (Å²) in [5.41, 5.74) is 2.87. The molecule has 0 radical (unpaired) electrons. The molecule has 3 rings (SSSR count). The largest absolute Gasteiger partial charge is 0.291 e. The third kappa shape index (κ3) is 3.31. The van der Waals surface area contributed by atoms with E-state index in [4.69, 9.17) is 0 Å². The second-order valence-electron chi connectivity index (χ2n) is 6.49. The van der Waals surface area contributed by atoms with Crippen LogP contribution in [0, 0.1) is 0 Å². The van der Waals surface area contributed by atoms with E-state index in [0.717, 1.165) is 17.4 Å². The second-order valence-corrected chi connectivity index (χ2v) is 6.49. The average Bonchev–Trinajstić information content (AvgIpc) is 2.58. The van der Waals surface area contributed by atoms with Gasteiger partial charge >= 0.3 is 0 Å². The van der Waals surface area contributed by atoms with E-state index in [1.165, 1.54) is 36.9 Å². The summed E-state index contributed by atoms with van der Waals surface area (Å²) in [6.45, 7) is 6.51. The number of quaternary nitrogens is 1. The quantitative estimate of drug-likeness (QED) is 0.685. The van der Waals surface area contributed by atoms with Crippen LogP contribution in [0.1, 0.15) is 30.4 Å². The van der Waals surface area contributed by atoms with Crippen molar-refractivity contribution in [3.63, 3.8) is 0 Å². The zero-order valence-electron chi connectivity index (χ0n) is 13.3. The maximum atomic E-state index is 4.22. The first-order valence-corrected chi connectivity index (χ1v) is 8.40. The number of rotatable bonds is 5. The molecule has 1 heteroatoms. The summed E-state index contributed by atoms with van der Waals surface area (Å²) in [6.07, 6.45) is 7.32. The first-order valence-electron chi connectivity index (χ1n) is 8.40. The lowest BCUT2D eigenvalue weighted by Crippen LogP contribution is -2.54. The highest BCUT2D eigenvalue weighted by Gasteiger charge is 2.37. The number of benzene rings is 2. The third-order valence-corrected chi connectivity index (χ3v) is 5.09. The van der Waals surface area contributed by atoms with Crippen LogP contribution in [0.3, 0.4) is 0 Å². The Morgan fingerprint density at radius 1 is 0.909 bits per heavy atom.